The average Bonchev–Trinajstić information content (AvgIpc) is 3.11. The SMILES string of the molecule is CO[C@@H]1CCN(C(=O)c2ccnc(N[C@@H](C)c3ccccc3)n2)C1. The Bertz CT molecular complexity index is 692. The van der Waals surface area contributed by atoms with Crippen molar-refractivity contribution in [2.45, 2.75) is 25.5 Å². The molecule has 24 heavy (non-hydrogen) atoms. The topological polar surface area (TPSA) is 67.3 Å². The summed E-state index contributed by atoms with van der Waals surface area (Å²) in [5.74, 6) is 0.382. The third-order valence-electron chi connectivity index (χ3n) is 4.29. The molecule has 0 aliphatic carbocycles. The summed E-state index contributed by atoms with van der Waals surface area (Å²) in [6.07, 6.45) is 2.60. The summed E-state index contributed by atoms with van der Waals surface area (Å²) in [5.41, 5.74) is 1.55. The van der Waals surface area contributed by atoms with Gasteiger partial charge in [-0.2, -0.15) is 0 Å². The number of ether oxygens (including phenoxy) is 1. The Hall–Kier alpha value is -2.47. The van der Waals surface area contributed by atoms with Gasteiger partial charge >= 0.3 is 0 Å². The highest BCUT2D eigenvalue weighted by atomic mass is 16.5. The van der Waals surface area contributed by atoms with Crippen molar-refractivity contribution in [3.05, 3.63) is 53.9 Å². The number of nitrogens with one attached hydrogen (secondary N) is 1. The number of amides is 1. The second-order valence-corrected chi connectivity index (χ2v) is 5.94. The van der Waals surface area contributed by atoms with Gasteiger partial charge in [-0.15, -0.1) is 0 Å². The number of nitrogens with zero attached hydrogens (tertiary/aromatic N) is 3. The van der Waals surface area contributed by atoms with Gasteiger partial charge in [0.1, 0.15) is 5.69 Å². The lowest BCUT2D eigenvalue weighted by molar-refractivity contribution is 0.0719. The van der Waals surface area contributed by atoms with E-state index in [1.165, 1.54) is 0 Å². The molecule has 6 heteroatoms. The summed E-state index contributed by atoms with van der Waals surface area (Å²) in [5, 5.41) is 3.25. The van der Waals surface area contributed by atoms with Crippen LogP contribution >= 0.6 is 0 Å². The first-order valence-electron chi connectivity index (χ1n) is 8.14. The zero-order valence-corrected chi connectivity index (χ0v) is 14.0. The summed E-state index contributed by atoms with van der Waals surface area (Å²) >= 11 is 0. The lowest BCUT2D eigenvalue weighted by atomic mass is 10.1. The molecule has 1 aromatic heterocycles. The van der Waals surface area contributed by atoms with E-state index in [1.54, 1.807) is 24.3 Å². The van der Waals surface area contributed by atoms with Gasteiger partial charge in [-0.05, 0) is 25.0 Å². The smallest absolute Gasteiger partial charge is 0.272 e. The molecule has 1 amide bonds. The van der Waals surface area contributed by atoms with E-state index >= 15 is 0 Å². The van der Waals surface area contributed by atoms with Gasteiger partial charge in [0.05, 0.1) is 12.1 Å². The van der Waals surface area contributed by atoms with Crippen molar-refractivity contribution < 1.29 is 9.53 Å². The van der Waals surface area contributed by atoms with Crippen LogP contribution in [0.25, 0.3) is 0 Å². The summed E-state index contributed by atoms with van der Waals surface area (Å²) in [6, 6.07) is 11.8. The molecule has 1 saturated heterocycles. The molecule has 2 atom stereocenters. The van der Waals surface area contributed by atoms with Crippen LogP contribution in [-0.4, -0.2) is 47.1 Å². The van der Waals surface area contributed by atoms with E-state index in [9.17, 15) is 4.79 Å². The molecule has 1 aliphatic heterocycles. The second kappa shape index (κ2) is 7.40. The average molecular weight is 326 g/mol. The molecule has 126 valence electrons. The molecular weight excluding hydrogens is 304 g/mol. The van der Waals surface area contributed by atoms with Crippen molar-refractivity contribution in [1.82, 2.24) is 14.9 Å². The summed E-state index contributed by atoms with van der Waals surface area (Å²) in [4.78, 5) is 23.0. The third kappa shape index (κ3) is 3.71. The molecule has 1 fully saturated rings. The van der Waals surface area contributed by atoms with Crippen molar-refractivity contribution >= 4 is 11.9 Å². The van der Waals surface area contributed by atoms with Crippen LogP contribution in [0, 0.1) is 0 Å². The number of anilines is 1. The molecule has 2 aromatic rings. The predicted molar refractivity (Wildman–Crippen MR) is 91.8 cm³/mol. The number of aromatic nitrogens is 2. The van der Waals surface area contributed by atoms with Crippen molar-refractivity contribution in [2.75, 3.05) is 25.5 Å². The van der Waals surface area contributed by atoms with Crippen LogP contribution in [0.3, 0.4) is 0 Å². The Kier molecular flexibility index (Phi) is 5.05. The van der Waals surface area contributed by atoms with Crippen molar-refractivity contribution in [3.63, 3.8) is 0 Å². The Morgan fingerprint density at radius 2 is 2.12 bits per heavy atom. The van der Waals surface area contributed by atoms with E-state index in [2.05, 4.69) is 15.3 Å². The van der Waals surface area contributed by atoms with Crippen LogP contribution in [0.2, 0.25) is 0 Å². The van der Waals surface area contributed by atoms with Crippen molar-refractivity contribution in [2.24, 2.45) is 0 Å². The fraction of sp³-hybridized carbons (Fsp3) is 0.389. The summed E-state index contributed by atoms with van der Waals surface area (Å²) in [7, 11) is 1.68. The number of hydrogen-bond acceptors (Lipinski definition) is 5. The van der Waals surface area contributed by atoms with Gasteiger partial charge in [-0.1, -0.05) is 30.3 Å². The van der Waals surface area contributed by atoms with Crippen molar-refractivity contribution in [3.8, 4) is 0 Å². The van der Waals surface area contributed by atoms with Crippen LogP contribution in [0.15, 0.2) is 42.6 Å². The molecule has 0 radical (unpaired) electrons. The van der Waals surface area contributed by atoms with Gasteiger partial charge in [-0.3, -0.25) is 4.79 Å². The maximum atomic E-state index is 12.6. The van der Waals surface area contributed by atoms with Gasteiger partial charge in [0.25, 0.3) is 5.91 Å². The van der Waals surface area contributed by atoms with E-state index < -0.39 is 0 Å². The van der Waals surface area contributed by atoms with Crippen LogP contribution in [0.4, 0.5) is 5.95 Å². The van der Waals surface area contributed by atoms with E-state index in [0.29, 0.717) is 24.7 Å². The first kappa shape index (κ1) is 16.4. The third-order valence-corrected chi connectivity index (χ3v) is 4.29. The highest BCUT2D eigenvalue weighted by Crippen LogP contribution is 2.18. The quantitative estimate of drug-likeness (QED) is 0.914. The predicted octanol–water partition coefficient (Wildman–Crippen LogP) is 2.51. The van der Waals surface area contributed by atoms with Gasteiger partial charge in [0, 0.05) is 26.4 Å². The molecule has 1 aromatic carbocycles. The number of carbonyl (C=O) groups excluding carboxylic acids is 1. The number of hydrogen-bond donors (Lipinski definition) is 1. The molecule has 6 nitrogen and oxygen atoms in total. The molecule has 1 aliphatic rings. The number of rotatable bonds is 5. The van der Waals surface area contributed by atoms with Crippen LogP contribution < -0.4 is 5.32 Å². The lowest BCUT2D eigenvalue weighted by Crippen LogP contribution is -2.30. The van der Waals surface area contributed by atoms with Gasteiger partial charge in [0.15, 0.2) is 0 Å². The zero-order valence-electron chi connectivity index (χ0n) is 14.0. The highest BCUT2D eigenvalue weighted by molar-refractivity contribution is 5.92. The van der Waals surface area contributed by atoms with E-state index in [0.717, 1.165) is 12.0 Å². The molecule has 1 N–H and O–H groups in total. The van der Waals surface area contributed by atoms with E-state index in [4.69, 9.17) is 4.74 Å². The number of methoxy groups -OCH3 is 1. The Balaban J connectivity index is 1.69. The van der Waals surface area contributed by atoms with Crippen LogP contribution in [-0.2, 0) is 4.74 Å². The van der Waals surface area contributed by atoms with Crippen LogP contribution in [0.5, 0.6) is 0 Å². The molecule has 0 spiro atoms. The van der Waals surface area contributed by atoms with Crippen LogP contribution in [0.1, 0.15) is 35.4 Å². The minimum Gasteiger partial charge on any atom is -0.380 e. The first-order chi connectivity index (χ1) is 11.7. The standard InChI is InChI=1S/C18H22N4O2/c1-13(14-6-4-3-5-7-14)20-18-19-10-8-16(21-18)17(23)22-11-9-15(12-22)24-2/h3-8,10,13,15H,9,11-12H2,1-2H3,(H,19,20,21)/t13-,15+/m0/s1. The summed E-state index contributed by atoms with van der Waals surface area (Å²) in [6.45, 7) is 3.35. The Morgan fingerprint density at radius 1 is 1.33 bits per heavy atom. The Morgan fingerprint density at radius 3 is 2.83 bits per heavy atom. The lowest BCUT2D eigenvalue weighted by Gasteiger charge is -2.17. The maximum Gasteiger partial charge on any atom is 0.272 e. The van der Waals surface area contributed by atoms with E-state index in [-0.39, 0.29) is 18.1 Å². The molecular formula is C18H22N4O2. The number of likely N-dealkylation sites (tertiary alicyclic amines) is 1. The molecule has 0 bridgehead atoms. The van der Waals surface area contributed by atoms with Gasteiger partial charge < -0.3 is 15.0 Å². The number of carbonyl (C=O) groups is 1. The zero-order chi connectivity index (χ0) is 16.9. The monoisotopic (exact) mass is 326 g/mol. The molecule has 0 unspecified atom stereocenters. The second-order valence-electron chi connectivity index (χ2n) is 5.94. The Labute approximate surface area is 141 Å². The minimum atomic E-state index is -0.0765. The maximum absolute atomic E-state index is 12.6. The summed E-state index contributed by atoms with van der Waals surface area (Å²) < 4.78 is 5.31. The highest BCUT2D eigenvalue weighted by Gasteiger charge is 2.27. The van der Waals surface area contributed by atoms with Gasteiger partial charge in [0.2, 0.25) is 5.95 Å². The first-order valence-corrected chi connectivity index (χ1v) is 8.14. The van der Waals surface area contributed by atoms with Crippen molar-refractivity contribution in [1.29, 1.82) is 0 Å². The normalized spacial score (nSPS) is 18.4. The fourth-order valence-electron chi connectivity index (χ4n) is 2.83. The molecule has 0 saturated carbocycles. The molecule has 2 heterocycles. The largest absolute Gasteiger partial charge is 0.380 e. The molecule has 3 rings (SSSR count). The van der Waals surface area contributed by atoms with Gasteiger partial charge in [-0.25, -0.2) is 9.97 Å². The number of benzene rings is 1. The van der Waals surface area contributed by atoms with E-state index in [1.807, 2.05) is 37.3 Å². The fourth-order valence-corrected chi connectivity index (χ4v) is 2.83. The minimum absolute atomic E-state index is 0.0567.